The third-order valence-corrected chi connectivity index (χ3v) is 3.00. The Morgan fingerprint density at radius 3 is 2.68 bits per heavy atom. The Hall–Kier alpha value is -1.78. The molecular weight excluding hydrogens is 246 g/mol. The fourth-order valence-electron chi connectivity index (χ4n) is 1.96. The minimum absolute atomic E-state index is 0.0141. The number of carbonyl (C=O) groups excluding carboxylic acids is 2. The van der Waals surface area contributed by atoms with E-state index in [2.05, 4.69) is 4.74 Å². The second-order valence-corrected chi connectivity index (χ2v) is 4.50. The summed E-state index contributed by atoms with van der Waals surface area (Å²) in [7, 11) is 1.35. The van der Waals surface area contributed by atoms with Crippen molar-refractivity contribution in [3.8, 4) is 0 Å². The van der Waals surface area contributed by atoms with Crippen molar-refractivity contribution in [2.45, 2.75) is 39.7 Å². The van der Waals surface area contributed by atoms with Gasteiger partial charge in [-0.15, -0.1) is 0 Å². The molecule has 1 amide bonds. The molecule has 0 aliphatic carbocycles. The molecule has 1 rings (SSSR count). The van der Waals surface area contributed by atoms with E-state index in [1.54, 1.807) is 17.9 Å². The molecule has 0 aliphatic heterocycles. The molecule has 5 nitrogen and oxygen atoms in total. The molecule has 0 saturated heterocycles. The van der Waals surface area contributed by atoms with Crippen molar-refractivity contribution in [2.75, 3.05) is 13.7 Å². The Morgan fingerprint density at radius 2 is 2.16 bits per heavy atom. The number of amides is 1. The van der Waals surface area contributed by atoms with Crippen molar-refractivity contribution in [2.24, 2.45) is 0 Å². The van der Waals surface area contributed by atoms with Crippen LogP contribution in [0.15, 0.2) is 16.7 Å². The van der Waals surface area contributed by atoms with Gasteiger partial charge in [0.25, 0.3) is 0 Å². The minimum Gasteiger partial charge on any atom is -0.469 e. The highest BCUT2D eigenvalue weighted by Gasteiger charge is 2.21. The summed E-state index contributed by atoms with van der Waals surface area (Å²) in [6, 6.07) is 1.66. The van der Waals surface area contributed by atoms with Crippen LogP contribution in [0.4, 0.5) is 0 Å². The van der Waals surface area contributed by atoms with Gasteiger partial charge in [0.1, 0.15) is 5.76 Å². The van der Waals surface area contributed by atoms with Crippen LogP contribution in [-0.2, 0) is 20.7 Å². The van der Waals surface area contributed by atoms with E-state index in [9.17, 15) is 9.59 Å². The van der Waals surface area contributed by atoms with Crippen molar-refractivity contribution in [3.05, 3.63) is 23.7 Å². The van der Waals surface area contributed by atoms with Crippen molar-refractivity contribution in [3.63, 3.8) is 0 Å². The Bertz CT molecular complexity index is 438. The number of nitrogens with zero attached hydrogens (tertiary/aromatic N) is 1. The molecule has 0 saturated carbocycles. The van der Waals surface area contributed by atoms with Gasteiger partial charge in [0, 0.05) is 19.0 Å². The van der Waals surface area contributed by atoms with Crippen LogP contribution in [0.3, 0.4) is 0 Å². The maximum absolute atomic E-state index is 11.6. The Kier molecular flexibility index (Phi) is 5.60. The van der Waals surface area contributed by atoms with Crippen molar-refractivity contribution in [1.82, 2.24) is 4.90 Å². The van der Waals surface area contributed by atoms with Crippen LogP contribution in [-0.4, -0.2) is 30.4 Å². The first kappa shape index (κ1) is 15.3. The van der Waals surface area contributed by atoms with Gasteiger partial charge < -0.3 is 14.1 Å². The average Bonchev–Trinajstić information content (AvgIpc) is 2.83. The van der Waals surface area contributed by atoms with Gasteiger partial charge in [-0.05, 0) is 19.4 Å². The summed E-state index contributed by atoms with van der Waals surface area (Å²) in [6.45, 7) is 6.17. The van der Waals surface area contributed by atoms with E-state index in [-0.39, 0.29) is 24.3 Å². The fraction of sp³-hybridized carbons (Fsp3) is 0.571. The Balaban J connectivity index is 2.78. The third kappa shape index (κ3) is 4.12. The zero-order valence-electron chi connectivity index (χ0n) is 11.9. The van der Waals surface area contributed by atoms with Crippen LogP contribution in [0.5, 0.6) is 0 Å². The molecule has 0 radical (unpaired) electrons. The molecule has 1 unspecified atom stereocenters. The van der Waals surface area contributed by atoms with Gasteiger partial charge in [-0.1, -0.05) is 6.92 Å². The van der Waals surface area contributed by atoms with E-state index in [1.165, 1.54) is 13.4 Å². The van der Waals surface area contributed by atoms with Crippen LogP contribution in [0.25, 0.3) is 0 Å². The van der Waals surface area contributed by atoms with Crippen molar-refractivity contribution < 1.29 is 18.7 Å². The van der Waals surface area contributed by atoms with Crippen molar-refractivity contribution >= 4 is 11.9 Å². The summed E-state index contributed by atoms with van der Waals surface area (Å²) < 4.78 is 10.1. The molecule has 1 aromatic heterocycles. The molecule has 0 aromatic carbocycles. The quantitative estimate of drug-likeness (QED) is 0.742. The number of furan rings is 1. The molecule has 0 spiro atoms. The smallest absolute Gasteiger partial charge is 0.310 e. The largest absolute Gasteiger partial charge is 0.469 e. The summed E-state index contributed by atoms with van der Waals surface area (Å²) in [6.07, 6.45) is 2.60. The molecule has 1 heterocycles. The van der Waals surface area contributed by atoms with Gasteiger partial charge in [0.2, 0.25) is 5.91 Å². The van der Waals surface area contributed by atoms with E-state index in [4.69, 9.17) is 4.42 Å². The minimum atomic E-state index is -0.308. The second kappa shape index (κ2) is 6.97. The van der Waals surface area contributed by atoms with E-state index in [0.717, 1.165) is 12.0 Å². The maximum Gasteiger partial charge on any atom is 0.310 e. The molecule has 0 aliphatic rings. The van der Waals surface area contributed by atoms with Gasteiger partial charge in [0.05, 0.1) is 25.8 Å². The SMILES string of the molecule is CCCN(C(C)=O)C(C)c1cc(CC(=O)OC)co1. The number of esters is 1. The normalized spacial score (nSPS) is 12.0. The highest BCUT2D eigenvalue weighted by Crippen LogP contribution is 2.23. The molecule has 0 bridgehead atoms. The lowest BCUT2D eigenvalue weighted by molar-refractivity contribution is -0.139. The average molecular weight is 267 g/mol. The zero-order chi connectivity index (χ0) is 14.4. The fourth-order valence-corrected chi connectivity index (χ4v) is 1.96. The molecule has 106 valence electrons. The lowest BCUT2D eigenvalue weighted by Crippen LogP contribution is -2.32. The molecule has 0 fully saturated rings. The number of hydrogen-bond acceptors (Lipinski definition) is 4. The van der Waals surface area contributed by atoms with Gasteiger partial charge in [0.15, 0.2) is 0 Å². The molecule has 19 heavy (non-hydrogen) atoms. The first-order valence-electron chi connectivity index (χ1n) is 6.40. The van der Waals surface area contributed by atoms with E-state index >= 15 is 0 Å². The van der Waals surface area contributed by atoms with E-state index in [1.807, 2.05) is 13.8 Å². The summed E-state index contributed by atoms with van der Waals surface area (Å²) in [5, 5.41) is 0. The summed E-state index contributed by atoms with van der Waals surface area (Å²) in [4.78, 5) is 24.5. The Labute approximate surface area is 113 Å². The van der Waals surface area contributed by atoms with Crippen LogP contribution in [0.1, 0.15) is 44.6 Å². The lowest BCUT2D eigenvalue weighted by Gasteiger charge is -2.26. The topological polar surface area (TPSA) is 59.8 Å². The van der Waals surface area contributed by atoms with Gasteiger partial charge >= 0.3 is 5.97 Å². The van der Waals surface area contributed by atoms with Crippen LogP contribution in [0, 0.1) is 0 Å². The Morgan fingerprint density at radius 1 is 1.47 bits per heavy atom. The highest BCUT2D eigenvalue weighted by atomic mass is 16.5. The number of hydrogen-bond donors (Lipinski definition) is 0. The monoisotopic (exact) mass is 267 g/mol. The number of ether oxygens (including phenoxy) is 1. The van der Waals surface area contributed by atoms with E-state index in [0.29, 0.717) is 12.3 Å². The molecular formula is C14H21NO4. The number of carbonyl (C=O) groups is 2. The number of rotatable bonds is 6. The summed E-state index contributed by atoms with van der Waals surface area (Å²) in [5.74, 6) is 0.389. The second-order valence-electron chi connectivity index (χ2n) is 4.50. The van der Waals surface area contributed by atoms with Crippen LogP contribution >= 0.6 is 0 Å². The van der Waals surface area contributed by atoms with Crippen LogP contribution in [0.2, 0.25) is 0 Å². The third-order valence-electron chi connectivity index (χ3n) is 3.00. The first-order valence-corrected chi connectivity index (χ1v) is 6.40. The van der Waals surface area contributed by atoms with Gasteiger partial charge in [-0.3, -0.25) is 9.59 Å². The number of methoxy groups -OCH3 is 1. The van der Waals surface area contributed by atoms with Gasteiger partial charge in [-0.25, -0.2) is 0 Å². The predicted octanol–water partition coefficient (Wildman–Crippen LogP) is 2.31. The molecule has 0 N–H and O–H groups in total. The first-order chi connectivity index (χ1) is 8.99. The van der Waals surface area contributed by atoms with Crippen molar-refractivity contribution in [1.29, 1.82) is 0 Å². The molecule has 5 heteroatoms. The summed E-state index contributed by atoms with van der Waals surface area (Å²) >= 11 is 0. The maximum atomic E-state index is 11.6. The predicted molar refractivity (Wildman–Crippen MR) is 70.5 cm³/mol. The van der Waals surface area contributed by atoms with Crippen LogP contribution < -0.4 is 0 Å². The highest BCUT2D eigenvalue weighted by molar-refractivity contribution is 5.74. The van der Waals surface area contributed by atoms with E-state index < -0.39 is 0 Å². The van der Waals surface area contributed by atoms with Gasteiger partial charge in [-0.2, -0.15) is 0 Å². The standard InChI is InChI=1S/C14H21NO4/c1-5-6-15(11(3)16)10(2)13-7-12(9-19-13)8-14(17)18-4/h7,9-10H,5-6,8H2,1-4H3. The summed E-state index contributed by atoms with van der Waals surface area (Å²) in [5.41, 5.74) is 0.758. The lowest BCUT2D eigenvalue weighted by atomic mass is 10.1. The zero-order valence-corrected chi connectivity index (χ0v) is 11.9. The molecule has 1 aromatic rings. The molecule has 1 atom stereocenters.